The highest BCUT2D eigenvalue weighted by molar-refractivity contribution is 14.1. The topological polar surface area (TPSA) is 116 Å². The maximum absolute atomic E-state index is 12.4. The van der Waals surface area contributed by atoms with Gasteiger partial charge in [0.2, 0.25) is 0 Å². The van der Waals surface area contributed by atoms with Gasteiger partial charge in [-0.1, -0.05) is 6.07 Å². The van der Waals surface area contributed by atoms with Gasteiger partial charge in [0.15, 0.2) is 0 Å². The van der Waals surface area contributed by atoms with Crippen LogP contribution >= 0.6 is 22.6 Å². The molecule has 122 valence electrons. The summed E-state index contributed by atoms with van der Waals surface area (Å²) >= 11 is 1.97. The number of aliphatic carboxylic acids is 1. The van der Waals surface area contributed by atoms with Gasteiger partial charge in [0.1, 0.15) is 5.69 Å². The normalized spacial score (nSPS) is 11.2. The molecule has 0 saturated carbocycles. The number of aromatic nitrogens is 1. The van der Waals surface area contributed by atoms with Crippen LogP contribution in [0.1, 0.15) is 11.3 Å². The minimum absolute atomic E-state index is 0.00866. The van der Waals surface area contributed by atoms with Crippen LogP contribution in [0.5, 0.6) is 0 Å². The first-order valence-electron chi connectivity index (χ1n) is 6.42. The SMILES string of the molecule is Cc1cc(CC(=O)O)c(NS(=O)(=O)c2cccc(I)c2)c(=O)[nH]1. The van der Waals surface area contributed by atoms with Crippen molar-refractivity contribution in [1.29, 1.82) is 0 Å². The molecule has 2 rings (SSSR count). The molecule has 0 spiro atoms. The van der Waals surface area contributed by atoms with E-state index in [-0.39, 0.29) is 16.1 Å². The highest BCUT2D eigenvalue weighted by atomic mass is 127. The van der Waals surface area contributed by atoms with Gasteiger partial charge >= 0.3 is 5.97 Å². The number of hydrogen-bond acceptors (Lipinski definition) is 4. The molecule has 1 heterocycles. The molecule has 1 aromatic heterocycles. The Morgan fingerprint density at radius 3 is 2.65 bits per heavy atom. The molecule has 0 bridgehead atoms. The maximum atomic E-state index is 12.4. The van der Waals surface area contributed by atoms with Crippen LogP contribution in [0.15, 0.2) is 40.0 Å². The molecule has 7 nitrogen and oxygen atoms in total. The molecule has 1 aromatic carbocycles. The van der Waals surface area contributed by atoms with Gasteiger partial charge in [0, 0.05) is 9.26 Å². The molecule has 0 fully saturated rings. The lowest BCUT2D eigenvalue weighted by atomic mass is 10.1. The smallest absolute Gasteiger partial charge is 0.307 e. The van der Waals surface area contributed by atoms with Gasteiger partial charge in [-0.25, -0.2) is 8.42 Å². The number of carbonyl (C=O) groups is 1. The van der Waals surface area contributed by atoms with Crippen LogP contribution in [0.3, 0.4) is 0 Å². The number of anilines is 1. The predicted octanol–water partition coefficient (Wildman–Crippen LogP) is 1.72. The number of aromatic amines is 1. The minimum Gasteiger partial charge on any atom is -0.481 e. The molecule has 0 amide bonds. The zero-order chi connectivity index (χ0) is 17.2. The van der Waals surface area contributed by atoms with E-state index in [0.717, 1.165) is 0 Å². The van der Waals surface area contributed by atoms with Crippen LogP contribution in [0.25, 0.3) is 0 Å². The number of benzene rings is 1. The highest BCUT2D eigenvalue weighted by Crippen LogP contribution is 2.19. The molecule has 0 saturated heterocycles. The van der Waals surface area contributed by atoms with Crippen molar-refractivity contribution in [3.8, 4) is 0 Å². The van der Waals surface area contributed by atoms with Crippen molar-refractivity contribution in [1.82, 2.24) is 4.98 Å². The predicted molar refractivity (Wildman–Crippen MR) is 93.1 cm³/mol. The Labute approximate surface area is 145 Å². The Morgan fingerprint density at radius 1 is 1.35 bits per heavy atom. The van der Waals surface area contributed by atoms with Gasteiger partial charge in [-0.15, -0.1) is 0 Å². The second-order valence-corrected chi connectivity index (χ2v) is 7.74. The standard InChI is InChI=1S/C14H13IN2O5S/c1-8-5-9(6-12(18)19)13(14(20)16-8)17-23(21,22)11-4-2-3-10(15)7-11/h2-5,7,17H,6H2,1H3,(H,16,20)(H,18,19). The molecule has 0 aliphatic carbocycles. The number of hydrogen-bond donors (Lipinski definition) is 3. The Morgan fingerprint density at radius 2 is 2.04 bits per heavy atom. The van der Waals surface area contributed by atoms with Gasteiger partial charge < -0.3 is 10.1 Å². The summed E-state index contributed by atoms with van der Waals surface area (Å²) in [6, 6.07) is 7.58. The van der Waals surface area contributed by atoms with Crippen LogP contribution in [-0.2, 0) is 21.2 Å². The number of rotatable bonds is 5. The molecule has 0 aliphatic rings. The van der Waals surface area contributed by atoms with Crippen LogP contribution < -0.4 is 10.3 Å². The Kier molecular flexibility index (Phi) is 5.09. The second kappa shape index (κ2) is 6.71. The largest absolute Gasteiger partial charge is 0.481 e. The number of carboxylic acids is 1. The summed E-state index contributed by atoms with van der Waals surface area (Å²) in [6.07, 6.45) is -0.463. The monoisotopic (exact) mass is 448 g/mol. The molecule has 9 heteroatoms. The van der Waals surface area contributed by atoms with Crippen LogP contribution in [0.4, 0.5) is 5.69 Å². The lowest BCUT2D eigenvalue weighted by Gasteiger charge is -2.12. The van der Waals surface area contributed by atoms with E-state index in [4.69, 9.17) is 5.11 Å². The molecule has 2 aromatic rings. The van der Waals surface area contributed by atoms with E-state index in [9.17, 15) is 18.0 Å². The van der Waals surface area contributed by atoms with Gasteiger partial charge in [-0.2, -0.15) is 0 Å². The third-order valence-electron chi connectivity index (χ3n) is 2.93. The summed E-state index contributed by atoms with van der Waals surface area (Å²) in [6.45, 7) is 1.59. The number of aryl methyl sites for hydroxylation is 1. The lowest BCUT2D eigenvalue weighted by molar-refractivity contribution is -0.136. The van der Waals surface area contributed by atoms with E-state index in [1.54, 1.807) is 19.1 Å². The van der Waals surface area contributed by atoms with Gasteiger partial charge in [-0.3, -0.25) is 14.3 Å². The highest BCUT2D eigenvalue weighted by Gasteiger charge is 2.20. The molecular formula is C14H13IN2O5S. The molecule has 0 aliphatic heterocycles. The van der Waals surface area contributed by atoms with Crippen molar-refractivity contribution in [2.75, 3.05) is 4.72 Å². The first kappa shape index (κ1) is 17.5. The Balaban J connectivity index is 2.51. The fourth-order valence-electron chi connectivity index (χ4n) is 2.00. The molecule has 23 heavy (non-hydrogen) atoms. The lowest BCUT2D eigenvalue weighted by Crippen LogP contribution is -2.23. The zero-order valence-electron chi connectivity index (χ0n) is 12.0. The number of sulfonamides is 1. The number of nitrogens with one attached hydrogen (secondary N) is 2. The average Bonchev–Trinajstić information content (AvgIpc) is 2.42. The van der Waals surface area contributed by atoms with E-state index in [1.807, 2.05) is 22.6 Å². The van der Waals surface area contributed by atoms with E-state index in [2.05, 4.69) is 9.71 Å². The molecule has 3 N–H and O–H groups in total. The zero-order valence-corrected chi connectivity index (χ0v) is 14.9. The van der Waals surface area contributed by atoms with E-state index < -0.39 is 28.0 Å². The average molecular weight is 448 g/mol. The fraction of sp³-hybridized carbons (Fsp3) is 0.143. The summed E-state index contributed by atoms with van der Waals surface area (Å²) < 4.78 is 27.7. The van der Waals surface area contributed by atoms with Crippen LogP contribution in [0, 0.1) is 10.5 Å². The van der Waals surface area contributed by atoms with Crippen LogP contribution in [-0.4, -0.2) is 24.5 Å². The van der Waals surface area contributed by atoms with Gasteiger partial charge in [-0.05, 0) is 59.3 Å². The van der Waals surface area contributed by atoms with Crippen molar-refractivity contribution in [3.63, 3.8) is 0 Å². The van der Waals surface area contributed by atoms with Gasteiger partial charge in [0.05, 0.1) is 11.3 Å². The minimum atomic E-state index is -4.00. The maximum Gasteiger partial charge on any atom is 0.307 e. The molecular weight excluding hydrogens is 435 g/mol. The fourth-order valence-corrected chi connectivity index (χ4v) is 3.90. The Bertz CT molecular complexity index is 921. The van der Waals surface area contributed by atoms with Crippen LogP contribution in [0.2, 0.25) is 0 Å². The second-order valence-electron chi connectivity index (χ2n) is 4.82. The third kappa shape index (κ3) is 4.32. The summed E-state index contributed by atoms with van der Waals surface area (Å²) in [5, 5.41) is 8.93. The van der Waals surface area contributed by atoms with Crippen molar-refractivity contribution < 1.29 is 18.3 Å². The summed E-state index contributed by atoms with van der Waals surface area (Å²) in [4.78, 5) is 25.4. The number of halogens is 1. The van der Waals surface area contributed by atoms with Crippen molar-refractivity contribution in [3.05, 3.63) is 55.5 Å². The van der Waals surface area contributed by atoms with Crippen molar-refractivity contribution in [2.45, 2.75) is 18.2 Å². The molecule has 0 radical (unpaired) electrons. The first-order valence-corrected chi connectivity index (χ1v) is 8.98. The first-order chi connectivity index (χ1) is 10.7. The number of carboxylic acid groups (broad SMARTS) is 1. The van der Waals surface area contributed by atoms with E-state index in [1.165, 1.54) is 18.2 Å². The quantitative estimate of drug-likeness (QED) is 0.603. The summed E-state index contributed by atoms with van der Waals surface area (Å²) in [5.74, 6) is -1.16. The number of pyridine rings is 1. The summed E-state index contributed by atoms with van der Waals surface area (Å²) in [5.41, 5.74) is -0.413. The van der Waals surface area contributed by atoms with Gasteiger partial charge in [0.25, 0.3) is 15.6 Å². The van der Waals surface area contributed by atoms with Crippen molar-refractivity contribution >= 4 is 44.3 Å². The van der Waals surface area contributed by atoms with E-state index in [0.29, 0.717) is 9.26 Å². The van der Waals surface area contributed by atoms with E-state index >= 15 is 0 Å². The number of H-pyrrole nitrogens is 1. The third-order valence-corrected chi connectivity index (χ3v) is 4.95. The summed E-state index contributed by atoms with van der Waals surface area (Å²) in [7, 11) is -4.00. The Hall–Kier alpha value is -1.88. The molecule has 0 atom stereocenters. The molecule has 0 unspecified atom stereocenters. The van der Waals surface area contributed by atoms with Crippen molar-refractivity contribution in [2.24, 2.45) is 0 Å².